The van der Waals surface area contributed by atoms with E-state index < -0.39 is 35.3 Å². The van der Waals surface area contributed by atoms with Crippen molar-refractivity contribution in [3.8, 4) is 0 Å². The number of carbonyl (C=O) groups excluding carboxylic acids is 2. The van der Waals surface area contributed by atoms with Crippen LogP contribution in [0.3, 0.4) is 0 Å². The fourth-order valence-corrected chi connectivity index (χ4v) is 14.0. The van der Waals surface area contributed by atoms with E-state index in [0.29, 0.717) is 30.9 Å². The van der Waals surface area contributed by atoms with Crippen LogP contribution < -0.4 is 0 Å². The number of aliphatic hydroxyl groups is 1. The lowest BCUT2D eigenvalue weighted by Crippen LogP contribution is -2.60. The average Bonchev–Trinajstić information content (AvgIpc) is 3.61. The minimum Gasteiger partial charge on any atom is -0.457 e. The third-order valence-electron chi connectivity index (χ3n) is 16.3. The molecule has 8 rings (SSSR count). The largest absolute Gasteiger partial charge is 0.457 e. The smallest absolute Gasteiger partial charge is 0.303 e. The minimum absolute atomic E-state index is 0.0287. The molecule has 2 spiro atoms. The van der Waals surface area contributed by atoms with Gasteiger partial charge in [0.2, 0.25) is 0 Å². The van der Waals surface area contributed by atoms with Crippen LogP contribution in [0.15, 0.2) is 0 Å². The Morgan fingerprint density at radius 1 is 1.04 bits per heavy atom. The van der Waals surface area contributed by atoms with E-state index in [-0.39, 0.29) is 51.7 Å². The number of fused-ring (bicyclic) bond motifs is 4. The van der Waals surface area contributed by atoms with Crippen LogP contribution in [0, 0.1) is 50.7 Å². The molecule has 270 valence electrons. The van der Waals surface area contributed by atoms with E-state index in [1.807, 2.05) is 0 Å². The molecule has 5 saturated carbocycles. The number of ketones is 1. The van der Waals surface area contributed by atoms with Crippen LogP contribution in [-0.4, -0.2) is 97.0 Å². The van der Waals surface area contributed by atoms with Crippen molar-refractivity contribution >= 4 is 11.8 Å². The van der Waals surface area contributed by atoms with Gasteiger partial charge in [-0.3, -0.25) is 14.5 Å². The second kappa shape index (κ2) is 11.0. The standard InChI is InChI=1S/C39H61NO8/c1-22-17-25(33(35(5,6)43)46-23(2)41)47-31-30(22)36(7)13-14-39-21-38(39)12-11-28(48-29-18-40(15-16-45-29)24-19-44-20-24)34(3,4)26(38)9-10-27(39)37(36,8)32(31)42/h22,24-31,33,43H,9-21H2,1-8H3/t22-,25-,26+,27+,28+,29+,30+,31+,33+,36-,37-,38-,39+/m1/s1. The summed E-state index contributed by atoms with van der Waals surface area (Å²) in [7, 11) is 0. The lowest BCUT2D eigenvalue weighted by atomic mass is 9.41. The summed E-state index contributed by atoms with van der Waals surface area (Å²) >= 11 is 0. The Kier molecular flexibility index (Phi) is 7.76. The van der Waals surface area contributed by atoms with Gasteiger partial charge in [-0.25, -0.2) is 0 Å². The molecule has 3 aliphatic heterocycles. The van der Waals surface area contributed by atoms with Crippen molar-refractivity contribution in [3.05, 3.63) is 0 Å². The van der Waals surface area contributed by atoms with Gasteiger partial charge in [0.15, 0.2) is 18.2 Å². The molecule has 0 unspecified atom stereocenters. The van der Waals surface area contributed by atoms with Gasteiger partial charge in [-0.1, -0.05) is 34.6 Å². The maximum atomic E-state index is 15.0. The molecule has 13 atom stereocenters. The summed E-state index contributed by atoms with van der Waals surface area (Å²) in [4.78, 5) is 29.6. The Morgan fingerprint density at radius 2 is 1.75 bits per heavy atom. The molecule has 9 heteroatoms. The maximum absolute atomic E-state index is 15.0. The van der Waals surface area contributed by atoms with Crippen LogP contribution >= 0.6 is 0 Å². The molecule has 0 radical (unpaired) electrons. The summed E-state index contributed by atoms with van der Waals surface area (Å²) in [5.41, 5.74) is -1.39. The molecule has 0 amide bonds. The number of hydrogen-bond acceptors (Lipinski definition) is 9. The lowest BCUT2D eigenvalue weighted by Gasteiger charge is -2.62. The van der Waals surface area contributed by atoms with E-state index in [9.17, 15) is 9.90 Å². The molecule has 0 aromatic carbocycles. The zero-order chi connectivity index (χ0) is 34.2. The second-order valence-corrected chi connectivity index (χ2v) is 19.1. The first-order chi connectivity index (χ1) is 22.5. The van der Waals surface area contributed by atoms with Gasteiger partial charge in [0, 0.05) is 24.8 Å². The average molecular weight is 672 g/mol. The summed E-state index contributed by atoms with van der Waals surface area (Å²) in [6.07, 6.45) is 6.69. The number of nitrogens with zero attached hydrogens (tertiary/aromatic N) is 1. The molecule has 3 heterocycles. The Balaban J connectivity index is 1.03. The zero-order valence-electron chi connectivity index (χ0n) is 30.7. The predicted molar refractivity (Wildman–Crippen MR) is 178 cm³/mol. The van der Waals surface area contributed by atoms with Crippen molar-refractivity contribution in [2.75, 3.05) is 32.9 Å². The molecule has 0 aromatic heterocycles. The van der Waals surface area contributed by atoms with Crippen LogP contribution in [0.1, 0.15) is 107 Å². The van der Waals surface area contributed by atoms with Gasteiger partial charge in [-0.15, -0.1) is 0 Å². The Labute approximate surface area is 287 Å². The molecule has 8 aliphatic rings. The molecule has 3 saturated heterocycles. The molecular formula is C39H61NO8. The predicted octanol–water partition coefficient (Wildman–Crippen LogP) is 5.15. The van der Waals surface area contributed by atoms with Gasteiger partial charge < -0.3 is 28.8 Å². The fraction of sp³-hybridized carbons (Fsp3) is 0.949. The van der Waals surface area contributed by atoms with Crippen molar-refractivity contribution in [1.29, 1.82) is 0 Å². The van der Waals surface area contributed by atoms with Crippen LogP contribution in [-0.2, 0) is 33.3 Å². The molecule has 48 heavy (non-hydrogen) atoms. The highest BCUT2D eigenvalue weighted by Gasteiger charge is 2.85. The Bertz CT molecular complexity index is 1330. The van der Waals surface area contributed by atoms with Crippen molar-refractivity contribution < 1.29 is 38.4 Å². The van der Waals surface area contributed by atoms with Gasteiger partial charge in [0.25, 0.3) is 0 Å². The number of carbonyl (C=O) groups is 2. The van der Waals surface area contributed by atoms with Gasteiger partial charge in [0.05, 0.1) is 50.2 Å². The van der Waals surface area contributed by atoms with Crippen molar-refractivity contribution in [2.45, 2.75) is 149 Å². The van der Waals surface area contributed by atoms with E-state index >= 15 is 4.79 Å². The van der Waals surface area contributed by atoms with Crippen LogP contribution in [0.5, 0.6) is 0 Å². The van der Waals surface area contributed by atoms with Crippen molar-refractivity contribution in [3.63, 3.8) is 0 Å². The fourth-order valence-electron chi connectivity index (χ4n) is 14.0. The van der Waals surface area contributed by atoms with Crippen LogP contribution in [0.25, 0.3) is 0 Å². The maximum Gasteiger partial charge on any atom is 0.303 e. The number of esters is 1. The van der Waals surface area contributed by atoms with Gasteiger partial charge >= 0.3 is 5.97 Å². The summed E-state index contributed by atoms with van der Waals surface area (Å²) in [6, 6.07) is 0.501. The first-order valence-corrected chi connectivity index (χ1v) is 19.2. The molecule has 5 aliphatic carbocycles. The lowest BCUT2D eigenvalue weighted by molar-refractivity contribution is -0.255. The molecule has 0 aromatic rings. The highest BCUT2D eigenvalue weighted by atomic mass is 16.7. The number of rotatable bonds is 6. The van der Waals surface area contributed by atoms with Gasteiger partial charge in [0.1, 0.15) is 6.10 Å². The van der Waals surface area contributed by atoms with E-state index in [4.69, 9.17) is 23.7 Å². The van der Waals surface area contributed by atoms with E-state index in [2.05, 4.69) is 39.5 Å². The normalized spacial score (nSPS) is 50.6. The summed E-state index contributed by atoms with van der Waals surface area (Å²) in [6.45, 7) is 20.7. The highest BCUT2D eigenvalue weighted by molar-refractivity contribution is 5.93. The molecule has 8 fully saturated rings. The minimum atomic E-state index is -1.28. The Morgan fingerprint density at radius 3 is 2.42 bits per heavy atom. The number of ether oxygens (including phenoxy) is 5. The quantitative estimate of drug-likeness (QED) is 0.384. The number of morpholine rings is 1. The first-order valence-electron chi connectivity index (χ1n) is 19.2. The topological polar surface area (TPSA) is 104 Å². The second-order valence-electron chi connectivity index (χ2n) is 19.1. The van der Waals surface area contributed by atoms with Crippen LogP contribution in [0.4, 0.5) is 0 Å². The molecule has 9 nitrogen and oxygen atoms in total. The Hall–Kier alpha value is -1.10. The third-order valence-corrected chi connectivity index (χ3v) is 16.3. The SMILES string of the molecule is CC(=O)O[C@@H]([C@H]1C[C@@H](C)[C@H]2[C@H](O1)C(=O)[C@@]1(C)[C@@H]3CC[C@H]4C(C)(C)[C@@H](O[C@H]5CN(C6COC6)CCO5)CC[C@@]45C[C@@]35CC[C@]21C)C(C)(C)O. The van der Waals surface area contributed by atoms with Crippen molar-refractivity contribution in [1.82, 2.24) is 4.90 Å². The summed E-state index contributed by atoms with van der Waals surface area (Å²) < 4.78 is 31.0. The molecule has 1 N–H and O–H groups in total. The number of hydrogen-bond donors (Lipinski definition) is 1. The highest BCUT2D eigenvalue weighted by Crippen LogP contribution is 2.89. The zero-order valence-corrected chi connectivity index (χ0v) is 30.7. The van der Waals surface area contributed by atoms with E-state index in [0.717, 1.165) is 52.0 Å². The monoisotopic (exact) mass is 671 g/mol. The molecular weight excluding hydrogens is 610 g/mol. The van der Waals surface area contributed by atoms with Gasteiger partial charge in [-0.2, -0.15) is 0 Å². The van der Waals surface area contributed by atoms with Crippen molar-refractivity contribution in [2.24, 2.45) is 50.7 Å². The van der Waals surface area contributed by atoms with Gasteiger partial charge in [-0.05, 0) is 105 Å². The third kappa shape index (κ3) is 4.49. The van der Waals surface area contributed by atoms with E-state index in [1.165, 1.54) is 26.2 Å². The summed E-state index contributed by atoms with van der Waals surface area (Å²) in [5, 5.41) is 11.0. The van der Waals surface area contributed by atoms with E-state index in [1.54, 1.807) is 13.8 Å². The summed E-state index contributed by atoms with van der Waals surface area (Å²) in [5.74, 6) is 1.08. The first kappa shape index (κ1) is 34.0. The van der Waals surface area contributed by atoms with Crippen LogP contribution in [0.2, 0.25) is 0 Å². The molecule has 0 bridgehead atoms. The number of Topliss-reactive ketones (excluding diaryl/α,β-unsaturated/α-hetero) is 1.